The fourth-order valence-electron chi connectivity index (χ4n) is 3.03. The molecule has 2 aromatic heterocycles. The molecule has 0 spiro atoms. The first-order valence-electron chi connectivity index (χ1n) is 8.28. The summed E-state index contributed by atoms with van der Waals surface area (Å²) >= 11 is 1.47. The van der Waals surface area contributed by atoms with Crippen molar-refractivity contribution in [2.75, 3.05) is 25.0 Å². The predicted molar refractivity (Wildman–Crippen MR) is 95.7 cm³/mol. The summed E-state index contributed by atoms with van der Waals surface area (Å²) in [4.78, 5) is 36.8. The van der Waals surface area contributed by atoms with Crippen molar-refractivity contribution in [2.45, 2.75) is 12.8 Å². The normalized spacial score (nSPS) is 17.2. The van der Waals surface area contributed by atoms with Gasteiger partial charge in [0.15, 0.2) is 11.0 Å². The van der Waals surface area contributed by atoms with E-state index in [0.29, 0.717) is 30.5 Å². The highest BCUT2D eigenvalue weighted by atomic mass is 32.1. The molecule has 4 rings (SSSR count). The van der Waals surface area contributed by atoms with Crippen LogP contribution in [0.25, 0.3) is 10.2 Å². The van der Waals surface area contributed by atoms with Gasteiger partial charge in [-0.05, 0) is 12.1 Å². The van der Waals surface area contributed by atoms with Gasteiger partial charge in [0.2, 0.25) is 18.2 Å². The number of para-hydroxylation sites is 1. The van der Waals surface area contributed by atoms with Gasteiger partial charge in [-0.25, -0.2) is 4.98 Å². The number of likely N-dealkylation sites (N-methyl/N-ethyl adjacent to an activating group) is 1. The number of anilines is 1. The van der Waals surface area contributed by atoms with Crippen LogP contribution in [0.2, 0.25) is 0 Å². The van der Waals surface area contributed by atoms with Crippen LogP contribution in [-0.2, 0) is 16.0 Å². The summed E-state index contributed by atoms with van der Waals surface area (Å²) in [7, 11) is 1.73. The van der Waals surface area contributed by atoms with Gasteiger partial charge in [-0.3, -0.25) is 14.5 Å². The Labute approximate surface area is 153 Å². The van der Waals surface area contributed by atoms with Crippen molar-refractivity contribution in [3.8, 4) is 0 Å². The van der Waals surface area contributed by atoms with Crippen molar-refractivity contribution in [2.24, 2.45) is 5.92 Å². The monoisotopic (exact) mass is 371 g/mol. The number of carbonyl (C=O) groups is 2. The van der Waals surface area contributed by atoms with Crippen LogP contribution in [0.3, 0.4) is 0 Å². The van der Waals surface area contributed by atoms with Gasteiger partial charge >= 0.3 is 0 Å². The highest BCUT2D eigenvalue weighted by molar-refractivity contribution is 7.22. The van der Waals surface area contributed by atoms with E-state index < -0.39 is 0 Å². The molecule has 1 aliphatic rings. The molecule has 0 N–H and O–H groups in total. The molecule has 0 radical (unpaired) electrons. The van der Waals surface area contributed by atoms with E-state index in [-0.39, 0.29) is 24.2 Å². The van der Waals surface area contributed by atoms with Crippen LogP contribution in [0.4, 0.5) is 5.13 Å². The quantitative estimate of drug-likeness (QED) is 0.678. The molecule has 8 nitrogen and oxygen atoms in total. The molecule has 1 aromatic carbocycles. The average Bonchev–Trinajstić information content (AvgIpc) is 3.37. The van der Waals surface area contributed by atoms with Gasteiger partial charge in [0.1, 0.15) is 0 Å². The van der Waals surface area contributed by atoms with E-state index in [1.54, 1.807) is 16.8 Å². The van der Waals surface area contributed by atoms with Crippen molar-refractivity contribution >= 4 is 38.5 Å². The number of amides is 2. The fourth-order valence-corrected chi connectivity index (χ4v) is 4.02. The first-order valence-corrected chi connectivity index (χ1v) is 9.09. The molecule has 1 atom stereocenters. The summed E-state index contributed by atoms with van der Waals surface area (Å²) in [6, 6.07) is 7.76. The van der Waals surface area contributed by atoms with E-state index in [2.05, 4.69) is 19.6 Å². The van der Waals surface area contributed by atoms with Gasteiger partial charge in [0.05, 0.1) is 16.1 Å². The van der Waals surface area contributed by atoms with Gasteiger partial charge in [-0.1, -0.05) is 28.6 Å². The summed E-state index contributed by atoms with van der Waals surface area (Å²) < 4.78 is 5.72. The van der Waals surface area contributed by atoms with E-state index in [1.165, 1.54) is 17.7 Å². The second-order valence-corrected chi connectivity index (χ2v) is 7.24. The zero-order chi connectivity index (χ0) is 18.1. The zero-order valence-electron chi connectivity index (χ0n) is 14.2. The second-order valence-electron chi connectivity index (χ2n) is 6.23. The molecule has 0 saturated carbocycles. The third kappa shape index (κ3) is 3.17. The lowest BCUT2D eigenvalue weighted by molar-refractivity contribution is -0.134. The second kappa shape index (κ2) is 6.83. The van der Waals surface area contributed by atoms with Crippen LogP contribution in [0.1, 0.15) is 12.2 Å². The molecule has 9 heteroatoms. The van der Waals surface area contributed by atoms with E-state index in [4.69, 9.17) is 0 Å². The lowest BCUT2D eigenvalue weighted by Crippen LogP contribution is -2.36. The molecule has 3 heterocycles. The van der Waals surface area contributed by atoms with Crippen molar-refractivity contribution in [1.82, 2.24) is 20.0 Å². The van der Waals surface area contributed by atoms with E-state index in [0.717, 1.165) is 10.2 Å². The largest absolute Gasteiger partial charge is 0.345 e. The number of rotatable bonds is 5. The number of benzene rings is 1. The number of carbonyl (C=O) groups excluding carboxylic acids is 2. The minimum atomic E-state index is -0.357. The van der Waals surface area contributed by atoms with Gasteiger partial charge in [-0.15, -0.1) is 0 Å². The summed E-state index contributed by atoms with van der Waals surface area (Å²) in [5, 5.41) is 4.39. The lowest BCUT2D eigenvalue weighted by Gasteiger charge is -2.20. The molecule has 3 aromatic rings. The van der Waals surface area contributed by atoms with Crippen LogP contribution in [0.5, 0.6) is 0 Å². The Kier molecular flexibility index (Phi) is 4.37. The molecule has 1 saturated heterocycles. The topological polar surface area (TPSA) is 92.4 Å². The predicted octanol–water partition coefficient (Wildman–Crippen LogP) is 1.73. The maximum absolute atomic E-state index is 12.7. The highest BCUT2D eigenvalue weighted by Gasteiger charge is 2.37. The maximum atomic E-state index is 12.7. The van der Waals surface area contributed by atoms with Crippen LogP contribution in [0, 0.1) is 5.92 Å². The van der Waals surface area contributed by atoms with Crippen molar-refractivity contribution < 1.29 is 14.1 Å². The molecule has 0 aliphatic carbocycles. The SMILES string of the molecule is CN(CCc1ncon1)C(=O)C1CC(=O)N(c2nc3ccccc3s2)C1. The Balaban J connectivity index is 1.42. The third-order valence-corrected chi connectivity index (χ3v) is 5.50. The number of nitrogens with zero attached hydrogens (tertiary/aromatic N) is 5. The van der Waals surface area contributed by atoms with Crippen molar-refractivity contribution in [3.63, 3.8) is 0 Å². The van der Waals surface area contributed by atoms with Crippen LogP contribution < -0.4 is 4.90 Å². The van der Waals surface area contributed by atoms with Crippen molar-refractivity contribution in [1.29, 1.82) is 0 Å². The van der Waals surface area contributed by atoms with E-state index in [1.807, 2.05) is 24.3 Å². The average molecular weight is 371 g/mol. The molecule has 26 heavy (non-hydrogen) atoms. The standard InChI is InChI=1S/C17H17N5O3S/c1-21(7-6-14-18-10-25-20-14)16(24)11-8-15(23)22(9-11)17-19-12-4-2-3-5-13(12)26-17/h2-5,10-11H,6-9H2,1H3. The minimum Gasteiger partial charge on any atom is -0.345 e. The summed E-state index contributed by atoms with van der Waals surface area (Å²) in [6.45, 7) is 0.842. The number of aromatic nitrogens is 3. The molecule has 2 amide bonds. The Hall–Kier alpha value is -2.81. The zero-order valence-corrected chi connectivity index (χ0v) is 15.0. The van der Waals surface area contributed by atoms with Gasteiger partial charge in [0, 0.05) is 33.0 Å². The van der Waals surface area contributed by atoms with Crippen molar-refractivity contribution in [3.05, 3.63) is 36.5 Å². The van der Waals surface area contributed by atoms with Crippen LogP contribution in [-0.4, -0.2) is 52.0 Å². The van der Waals surface area contributed by atoms with E-state index >= 15 is 0 Å². The van der Waals surface area contributed by atoms with E-state index in [9.17, 15) is 9.59 Å². The molecule has 0 bridgehead atoms. The number of hydrogen-bond donors (Lipinski definition) is 0. The van der Waals surface area contributed by atoms with Gasteiger partial charge in [-0.2, -0.15) is 4.98 Å². The first-order chi connectivity index (χ1) is 12.6. The van der Waals surface area contributed by atoms with Gasteiger partial charge < -0.3 is 9.42 Å². The molecular weight excluding hydrogens is 354 g/mol. The molecular formula is C17H17N5O3S. The third-order valence-electron chi connectivity index (χ3n) is 4.44. The molecule has 1 unspecified atom stereocenters. The Bertz CT molecular complexity index is 906. The maximum Gasteiger partial charge on any atom is 0.229 e. The number of fused-ring (bicyclic) bond motifs is 1. The lowest BCUT2D eigenvalue weighted by atomic mass is 10.1. The Morgan fingerprint density at radius 2 is 2.27 bits per heavy atom. The number of thiazole rings is 1. The summed E-state index contributed by atoms with van der Waals surface area (Å²) in [5.74, 6) is 0.0902. The van der Waals surface area contributed by atoms with Crippen LogP contribution >= 0.6 is 11.3 Å². The smallest absolute Gasteiger partial charge is 0.229 e. The summed E-state index contributed by atoms with van der Waals surface area (Å²) in [5.41, 5.74) is 0.868. The Morgan fingerprint density at radius 3 is 3.04 bits per heavy atom. The fraction of sp³-hybridized carbons (Fsp3) is 0.353. The van der Waals surface area contributed by atoms with Gasteiger partial charge in [0.25, 0.3) is 0 Å². The van der Waals surface area contributed by atoms with Crippen LogP contribution in [0.15, 0.2) is 35.2 Å². The Morgan fingerprint density at radius 1 is 1.42 bits per heavy atom. The molecule has 1 aliphatic heterocycles. The number of hydrogen-bond acceptors (Lipinski definition) is 7. The molecule has 134 valence electrons. The highest BCUT2D eigenvalue weighted by Crippen LogP contribution is 2.33. The minimum absolute atomic E-state index is 0.0505. The summed E-state index contributed by atoms with van der Waals surface area (Å²) in [6.07, 6.45) is 1.99. The molecule has 1 fully saturated rings. The first kappa shape index (κ1) is 16.6.